The van der Waals surface area contributed by atoms with E-state index in [1.807, 2.05) is 45.0 Å². The lowest BCUT2D eigenvalue weighted by Gasteiger charge is -2.23. The first-order chi connectivity index (χ1) is 11.9. The Labute approximate surface area is 156 Å². The third-order valence-electron chi connectivity index (χ3n) is 4.77. The molecule has 1 aromatic rings. The predicted octanol–water partition coefficient (Wildman–Crippen LogP) is 3.13. The highest BCUT2D eigenvalue weighted by atomic mass is 79.9. The molecule has 1 aliphatic rings. The van der Waals surface area contributed by atoms with E-state index in [-0.39, 0.29) is 24.4 Å². The Balaban J connectivity index is 2.05. The van der Waals surface area contributed by atoms with Crippen molar-refractivity contribution in [3.63, 3.8) is 0 Å². The summed E-state index contributed by atoms with van der Waals surface area (Å²) in [7, 11) is 0. The Morgan fingerprint density at radius 2 is 1.80 bits per heavy atom. The molecule has 2 N–H and O–H groups in total. The molecule has 1 unspecified atom stereocenters. The van der Waals surface area contributed by atoms with Crippen LogP contribution < -0.4 is 10.6 Å². The number of rotatable bonds is 7. The van der Waals surface area contributed by atoms with Gasteiger partial charge in [-0.15, -0.1) is 0 Å². The van der Waals surface area contributed by atoms with Crippen LogP contribution in [0.3, 0.4) is 0 Å². The predicted molar refractivity (Wildman–Crippen MR) is 98.9 cm³/mol. The van der Waals surface area contributed by atoms with E-state index in [1.165, 1.54) is 0 Å². The van der Waals surface area contributed by atoms with Gasteiger partial charge in [-0.25, -0.2) is 4.79 Å². The van der Waals surface area contributed by atoms with E-state index in [4.69, 9.17) is 0 Å². The van der Waals surface area contributed by atoms with Gasteiger partial charge >= 0.3 is 6.03 Å². The summed E-state index contributed by atoms with van der Waals surface area (Å²) in [5.74, 6) is -0.671. The molecule has 6 nitrogen and oxygen atoms in total. The monoisotopic (exact) mass is 409 g/mol. The average molecular weight is 410 g/mol. The highest BCUT2D eigenvalue weighted by Crippen LogP contribution is 2.25. The highest BCUT2D eigenvalue weighted by Gasteiger charge is 2.49. The first-order valence-electron chi connectivity index (χ1n) is 8.55. The molecule has 1 heterocycles. The normalized spacial score (nSPS) is 17.4. The first-order valence-corrected chi connectivity index (χ1v) is 9.35. The Kier molecular flexibility index (Phi) is 6.21. The third kappa shape index (κ3) is 4.03. The molecule has 0 bridgehead atoms. The Morgan fingerprint density at radius 1 is 1.20 bits per heavy atom. The summed E-state index contributed by atoms with van der Waals surface area (Å²) in [4.78, 5) is 38.1. The summed E-state index contributed by atoms with van der Waals surface area (Å²) in [5, 5.41) is 5.64. The van der Waals surface area contributed by atoms with Gasteiger partial charge in [-0.05, 0) is 37.0 Å². The Morgan fingerprint density at radius 3 is 2.28 bits per heavy atom. The molecule has 136 valence electrons. The minimum Gasteiger partial charge on any atom is -0.348 e. The Bertz CT molecular complexity index is 656. The molecule has 1 aliphatic heterocycles. The molecule has 2 rings (SSSR count). The van der Waals surface area contributed by atoms with Crippen LogP contribution in [0.4, 0.5) is 4.79 Å². The number of halogens is 1. The number of nitrogens with zero attached hydrogens (tertiary/aromatic N) is 1. The number of amides is 4. The van der Waals surface area contributed by atoms with Gasteiger partial charge < -0.3 is 10.6 Å². The number of nitrogens with one attached hydrogen (secondary N) is 2. The summed E-state index contributed by atoms with van der Waals surface area (Å²) in [6.45, 7) is 5.41. The van der Waals surface area contributed by atoms with Gasteiger partial charge in [0.25, 0.3) is 5.91 Å². The van der Waals surface area contributed by atoms with Crippen molar-refractivity contribution in [2.75, 3.05) is 6.54 Å². The van der Waals surface area contributed by atoms with Crippen molar-refractivity contribution < 1.29 is 14.4 Å². The van der Waals surface area contributed by atoms with Gasteiger partial charge in [0.1, 0.15) is 12.1 Å². The summed E-state index contributed by atoms with van der Waals surface area (Å²) < 4.78 is 0.965. The fourth-order valence-electron chi connectivity index (χ4n) is 3.05. The van der Waals surface area contributed by atoms with Crippen molar-refractivity contribution in [3.8, 4) is 0 Å². The van der Waals surface area contributed by atoms with Crippen molar-refractivity contribution in [2.24, 2.45) is 0 Å². The molecule has 1 saturated heterocycles. The zero-order chi connectivity index (χ0) is 18.6. The van der Waals surface area contributed by atoms with Crippen molar-refractivity contribution in [2.45, 2.75) is 51.6 Å². The van der Waals surface area contributed by atoms with Crippen molar-refractivity contribution in [3.05, 3.63) is 34.3 Å². The standard InChI is InChI=1S/C18H24BrN3O3/c1-4-14(12-7-9-13(19)10-8-12)20-15(23)11-22-16(24)18(5-2,6-3)21-17(22)25/h7-10,14H,4-6,11H2,1-3H3,(H,20,23)(H,21,25). The molecule has 7 heteroatoms. The van der Waals surface area contributed by atoms with E-state index in [1.54, 1.807) is 0 Å². The first kappa shape index (κ1) is 19.4. The van der Waals surface area contributed by atoms with E-state index in [0.29, 0.717) is 19.3 Å². The summed E-state index contributed by atoms with van der Waals surface area (Å²) in [6, 6.07) is 7.04. The average Bonchev–Trinajstić information content (AvgIpc) is 2.85. The smallest absolute Gasteiger partial charge is 0.325 e. The molecular formula is C18H24BrN3O3. The number of carbonyl (C=O) groups is 3. The summed E-state index contributed by atoms with van der Waals surface area (Å²) >= 11 is 3.39. The van der Waals surface area contributed by atoms with Gasteiger partial charge in [-0.2, -0.15) is 0 Å². The third-order valence-corrected chi connectivity index (χ3v) is 5.30. The molecular weight excluding hydrogens is 386 g/mol. The molecule has 0 radical (unpaired) electrons. The van der Waals surface area contributed by atoms with Gasteiger partial charge in [-0.3, -0.25) is 14.5 Å². The lowest BCUT2D eigenvalue weighted by atomic mass is 9.93. The van der Waals surface area contributed by atoms with Crippen LogP contribution >= 0.6 is 15.9 Å². The van der Waals surface area contributed by atoms with Crippen LogP contribution in [-0.4, -0.2) is 34.8 Å². The number of imide groups is 1. The molecule has 25 heavy (non-hydrogen) atoms. The minimum atomic E-state index is -0.882. The van der Waals surface area contributed by atoms with E-state index in [2.05, 4.69) is 26.6 Å². The van der Waals surface area contributed by atoms with E-state index >= 15 is 0 Å². The van der Waals surface area contributed by atoms with Gasteiger partial charge in [-0.1, -0.05) is 48.8 Å². The second-order valence-electron chi connectivity index (χ2n) is 6.19. The molecule has 0 aliphatic carbocycles. The minimum absolute atomic E-state index is 0.163. The zero-order valence-corrected chi connectivity index (χ0v) is 16.4. The topological polar surface area (TPSA) is 78.5 Å². The van der Waals surface area contributed by atoms with E-state index in [9.17, 15) is 14.4 Å². The zero-order valence-electron chi connectivity index (χ0n) is 14.8. The van der Waals surface area contributed by atoms with Crippen LogP contribution in [0.5, 0.6) is 0 Å². The van der Waals surface area contributed by atoms with Gasteiger partial charge in [0, 0.05) is 4.47 Å². The van der Waals surface area contributed by atoms with E-state index in [0.717, 1.165) is 14.9 Å². The lowest BCUT2D eigenvalue weighted by Crippen LogP contribution is -2.46. The molecule has 1 fully saturated rings. The molecule has 0 aromatic heterocycles. The molecule has 1 aromatic carbocycles. The van der Waals surface area contributed by atoms with Crippen LogP contribution in [0.1, 0.15) is 51.6 Å². The second-order valence-corrected chi connectivity index (χ2v) is 7.11. The van der Waals surface area contributed by atoms with Crippen LogP contribution in [0.2, 0.25) is 0 Å². The van der Waals surface area contributed by atoms with Gasteiger partial charge in [0.15, 0.2) is 0 Å². The summed E-state index contributed by atoms with van der Waals surface area (Å²) in [5.41, 5.74) is 0.0976. The lowest BCUT2D eigenvalue weighted by molar-refractivity contribution is -0.135. The van der Waals surface area contributed by atoms with Crippen LogP contribution in [-0.2, 0) is 9.59 Å². The summed E-state index contributed by atoms with van der Waals surface area (Å²) in [6.07, 6.45) is 1.71. The van der Waals surface area contributed by atoms with Crippen molar-refractivity contribution in [1.82, 2.24) is 15.5 Å². The SMILES string of the molecule is CCC(NC(=O)CN1C(=O)NC(CC)(CC)C1=O)c1ccc(Br)cc1. The number of hydrogen-bond acceptors (Lipinski definition) is 3. The highest BCUT2D eigenvalue weighted by molar-refractivity contribution is 9.10. The molecule has 0 spiro atoms. The quantitative estimate of drug-likeness (QED) is 0.678. The van der Waals surface area contributed by atoms with E-state index < -0.39 is 11.6 Å². The number of hydrogen-bond donors (Lipinski definition) is 2. The molecule has 1 atom stereocenters. The molecule has 4 amide bonds. The van der Waals surface area contributed by atoms with Gasteiger partial charge in [0.05, 0.1) is 6.04 Å². The molecule has 0 saturated carbocycles. The maximum absolute atomic E-state index is 12.6. The fraction of sp³-hybridized carbons (Fsp3) is 0.500. The number of benzene rings is 1. The largest absolute Gasteiger partial charge is 0.348 e. The van der Waals surface area contributed by atoms with Crippen molar-refractivity contribution >= 4 is 33.8 Å². The van der Waals surface area contributed by atoms with Crippen LogP contribution in [0.25, 0.3) is 0 Å². The number of urea groups is 1. The Hall–Kier alpha value is -1.89. The number of carbonyl (C=O) groups excluding carboxylic acids is 3. The van der Waals surface area contributed by atoms with Crippen molar-refractivity contribution in [1.29, 1.82) is 0 Å². The maximum atomic E-state index is 12.6. The van der Waals surface area contributed by atoms with Crippen LogP contribution in [0, 0.1) is 0 Å². The second kappa shape index (κ2) is 7.99. The maximum Gasteiger partial charge on any atom is 0.325 e. The van der Waals surface area contributed by atoms with Crippen LogP contribution in [0.15, 0.2) is 28.7 Å². The van der Waals surface area contributed by atoms with Gasteiger partial charge in [0.2, 0.25) is 5.91 Å². The fourth-order valence-corrected chi connectivity index (χ4v) is 3.31.